The van der Waals surface area contributed by atoms with E-state index in [0.29, 0.717) is 5.75 Å². The van der Waals surface area contributed by atoms with Crippen LogP contribution in [0.2, 0.25) is 0 Å². The van der Waals surface area contributed by atoms with Crippen molar-refractivity contribution in [3.63, 3.8) is 0 Å². The molecule has 2 amide bonds. The van der Waals surface area contributed by atoms with Crippen molar-refractivity contribution in [2.45, 2.75) is 24.0 Å². The number of amides is 2. The molecule has 1 fully saturated rings. The molecule has 1 unspecified atom stereocenters. The number of likely N-dealkylation sites (tertiary alicyclic amines) is 1. The Hall–Kier alpha value is -0.600. The molecule has 0 aromatic rings. The van der Waals surface area contributed by atoms with E-state index >= 15 is 0 Å². The molecule has 1 aliphatic rings. The van der Waals surface area contributed by atoms with Crippen molar-refractivity contribution < 1.29 is 9.59 Å². The molecule has 0 aliphatic carbocycles. The number of thiol groups is 1. The molecule has 0 spiro atoms. The van der Waals surface area contributed by atoms with E-state index in [9.17, 15) is 9.59 Å². The number of carbonyl (C=O) groups is 2. The van der Waals surface area contributed by atoms with E-state index in [2.05, 4.69) is 18.5 Å². The van der Waals surface area contributed by atoms with Crippen LogP contribution >= 0.6 is 24.4 Å². The summed E-state index contributed by atoms with van der Waals surface area (Å²) in [5.74, 6) is 2.56. The lowest BCUT2D eigenvalue weighted by atomic mass is 10.4. The Morgan fingerprint density at radius 1 is 1.79 bits per heavy atom. The van der Waals surface area contributed by atoms with Gasteiger partial charge in [-0.1, -0.05) is 5.92 Å². The maximum absolute atomic E-state index is 11.6. The first-order chi connectivity index (χ1) is 6.57. The number of hydrogen-bond acceptors (Lipinski definition) is 4. The van der Waals surface area contributed by atoms with Crippen LogP contribution in [0.25, 0.3) is 0 Å². The normalized spacial score (nSPS) is 23.8. The molecule has 0 N–H and O–H groups in total. The van der Waals surface area contributed by atoms with Gasteiger partial charge in [-0.05, 0) is 6.92 Å². The Balaban J connectivity index is 2.65. The zero-order chi connectivity index (χ0) is 10.7. The van der Waals surface area contributed by atoms with Crippen LogP contribution in [0.5, 0.6) is 0 Å². The van der Waals surface area contributed by atoms with E-state index in [4.69, 9.17) is 6.42 Å². The van der Waals surface area contributed by atoms with E-state index in [1.807, 2.05) is 0 Å². The van der Waals surface area contributed by atoms with Gasteiger partial charge in [-0.3, -0.25) is 14.5 Å². The highest BCUT2D eigenvalue weighted by atomic mass is 32.2. The van der Waals surface area contributed by atoms with Crippen molar-refractivity contribution in [2.75, 3.05) is 5.75 Å². The minimum atomic E-state index is -0.355. The van der Waals surface area contributed by atoms with E-state index in [1.165, 1.54) is 16.7 Å². The van der Waals surface area contributed by atoms with Crippen molar-refractivity contribution in [1.29, 1.82) is 0 Å². The molecule has 1 aliphatic heterocycles. The maximum atomic E-state index is 11.6. The van der Waals surface area contributed by atoms with Gasteiger partial charge in [0.05, 0.1) is 16.4 Å². The van der Waals surface area contributed by atoms with Crippen molar-refractivity contribution >= 4 is 36.2 Å². The fourth-order valence-electron chi connectivity index (χ4n) is 1.29. The second kappa shape index (κ2) is 4.76. The van der Waals surface area contributed by atoms with Gasteiger partial charge in [0.15, 0.2) is 0 Å². The summed E-state index contributed by atoms with van der Waals surface area (Å²) < 4.78 is 0. The topological polar surface area (TPSA) is 37.4 Å². The van der Waals surface area contributed by atoms with Gasteiger partial charge >= 0.3 is 0 Å². The predicted molar refractivity (Wildman–Crippen MR) is 60.0 cm³/mol. The SMILES string of the molecule is C#CCSC1CC(=O)N([C@H](C)S)C1=O. The molecule has 1 heterocycles. The van der Waals surface area contributed by atoms with Gasteiger partial charge in [-0.25, -0.2) is 0 Å². The van der Waals surface area contributed by atoms with Crippen LogP contribution in [0.4, 0.5) is 0 Å². The molecule has 3 nitrogen and oxygen atoms in total. The van der Waals surface area contributed by atoms with Crippen LogP contribution in [0, 0.1) is 12.3 Å². The summed E-state index contributed by atoms with van der Waals surface area (Å²) in [7, 11) is 0. The summed E-state index contributed by atoms with van der Waals surface area (Å²) in [6.07, 6.45) is 5.33. The van der Waals surface area contributed by atoms with E-state index < -0.39 is 0 Å². The highest BCUT2D eigenvalue weighted by Crippen LogP contribution is 2.26. The average Bonchev–Trinajstić information content (AvgIpc) is 2.38. The summed E-state index contributed by atoms with van der Waals surface area (Å²) in [4.78, 5) is 24.2. The number of hydrogen-bond donors (Lipinski definition) is 1. The summed E-state index contributed by atoms with van der Waals surface area (Å²) in [5.41, 5.74) is 0. The van der Waals surface area contributed by atoms with E-state index in [1.54, 1.807) is 6.92 Å². The van der Waals surface area contributed by atoms with Gasteiger partial charge in [0.2, 0.25) is 11.8 Å². The Morgan fingerprint density at radius 2 is 2.43 bits per heavy atom. The van der Waals surface area contributed by atoms with Crippen LogP contribution in [-0.4, -0.2) is 33.1 Å². The predicted octanol–water partition coefficient (Wildman–Crippen LogP) is 0.756. The number of carbonyl (C=O) groups excluding carboxylic acids is 2. The van der Waals surface area contributed by atoms with Crippen LogP contribution in [0.3, 0.4) is 0 Å². The zero-order valence-corrected chi connectivity index (χ0v) is 9.48. The van der Waals surface area contributed by atoms with Crippen LogP contribution in [0.1, 0.15) is 13.3 Å². The van der Waals surface area contributed by atoms with Crippen molar-refractivity contribution in [3.05, 3.63) is 0 Å². The first-order valence-corrected chi connectivity index (χ1v) is 5.73. The number of imide groups is 1. The van der Waals surface area contributed by atoms with Gasteiger partial charge in [0.25, 0.3) is 0 Å². The molecule has 1 saturated heterocycles. The summed E-state index contributed by atoms with van der Waals surface area (Å²) >= 11 is 5.41. The fraction of sp³-hybridized carbons (Fsp3) is 0.556. The quantitative estimate of drug-likeness (QED) is 0.441. The third kappa shape index (κ3) is 2.25. The molecule has 0 bridgehead atoms. The highest BCUT2D eigenvalue weighted by molar-refractivity contribution is 8.00. The average molecular weight is 229 g/mol. The number of thioether (sulfide) groups is 1. The van der Waals surface area contributed by atoms with Crippen molar-refractivity contribution in [2.24, 2.45) is 0 Å². The first-order valence-electron chi connectivity index (χ1n) is 4.17. The molecular weight excluding hydrogens is 218 g/mol. The minimum absolute atomic E-state index is 0.160. The molecule has 2 atom stereocenters. The third-order valence-corrected chi connectivity index (χ3v) is 3.22. The molecule has 0 aromatic heterocycles. The summed E-state index contributed by atoms with van der Waals surface area (Å²) in [6.45, 7) is 1.70. The van der Waals surface area contributed by atoms with Gasteiger partial charge in [-0.15, -0.1) is 18.2 Å². The number of nitrogens with zero attached hydrogens (tertiary/aromatic N) is 1. The molecule has 0 radical (unpaired) electrons. The summed E-state index contributed by atoms with van der Waals surface area (Å²) in [5, 5.41) is -0.667. The Labute approximate surface area is 93.0 Å². The van der Waals surface area contributed by atoms with Crippen LogP contribution in [-0.2, 0) is 9.59 Å². The van der Waals surface area contributed by atoms with Crippen molar-refractivity contribution in [1.82, 2.24) is 4.90 Å². The van der Waals surface area contributed by atoms with E-state index in [0.717, 1.165) is 0 Å². The molecule has 1 rings (SSSR count). The molecule has 5 heteroatoms. The Morgan fingerprint density at radius 3 is 2.86 bits per heavy atom. The molecular formula is C9H11NO2S2. The van der Waals surface area contributed by atoms with Crippen molar-refractivity contribution in [3.8, 4) is 12.3 Å². The zero-order valence-electron chi connectivity index (χ0n) is 7.77. The third-order valence-electron chi connectivity index (χ3n) is 1.88. The number of terminal acetylenes is 1. The second-order valence-corrected chi connectivity index (χ2v) is 4.88. The van der Waals surface area contributed by atoms with Gasteiger partial charge in [0.1, 0.15) is 0 Å². The lowest BCUT2D eigenvalue weighted by Crippen LogP contribution is -2.35. The monoisotopic (exact) mass is 229 g/mol. The largest absolute Gasteiger partial charge is 0.274 e. The van der Waals surface area contributed by atoms with Crippen LogP contribution in [0.15, 0.2) is 0 Å². The van der Waals surface area contributed by atoms with Gasteiger partial charge in [-0.2, -0.15) is 12.6 Å². The smallest absolute Gasteiger partial charge is 0.243 e. The van der Waals surface area contributed by atoms with E-state index in [-0.39, 0.29) is 28.9 Å². The molecule has 0 aromatic carbocycles. The minimum Gasteiger partial charge on any atom is -0.274 e. The van der Waals surface area contributed by atoms with Crippen LogP contribution < -0.4 is 0 Å². The summed E-state index contributed by atoms with van der Waals surface area (Å²) in [6, 6.07) is 0. The lowest BCUT2D eigenvalue weighted by Gasteiger charge is -2.17. The first kappa shape index (κ1) is 11.5. The van der Waals surface area contributed by atoms with Gasteiger partial charge < -0.3 is 0 Å². The highest BCUT2D eigenvalue weighted by Gasteiger charge is 2.40. The molecule has 76 valence electrons. The van der Waals surface area contributed by atoms with Gasteiger partial charge in [0, 0.05) is 6.42 Å². The lowest BCUT2D eigenvalue weighted by molar-refractivity contribution is -0.138. The number of rotatable bonds is 3. The Kier molecular flexibility index (Phi) is 3.90. The molecule has 0 saturated carbocycles. The maximum Gasteiger partial charge on any atom is 0.243 e. The Bertz CT molecular complexity index is 296. The second-order valence-electron chi connectivity index (χ2n) is 2.94. The standard InChI is InChI=1S/C9H11NO2S2/c1-3-4-14-7-5-8(11)10(6(2)13)9(7)12/h1,6-7,13H,4-5H2,2H3/t6-,7?/m0/s1. The fourth-order valence-corrected chi connectivity index (χ4v) is 2.35. The molecule has 14 heavy (non-hydrogen) atoms.